The van der Waals surface area contributed by atoms with Crippen LogP contribution in [0.3, 0.4) is 0 Å². The van der Waals surface area contributed by atoms with Gasteiger partial charge in [-0.15, -0.1) is 0 Å². The second kappa shape index (κ2) is 5.96. The maximum atomic E-state index is 11.3. The Kier molecular flexibility index (Phi) is 4.02. The minimum Gasteiger partial charge on any atom is -0.358 e. The number of nitro groups is 1. The molecule has 7 heteroatoms. The van der Waals surface area contributed by atoms with Crippen molar-refractivity contribution < 1.29 is 4.92 Å². The second-order valence-corrected chi connectivity index (χ2v) is 5.91. The van der Waals surface area contributed by atoms with Crippen LogP contribution in [0.4, 0.5) is 11.6 Å². The van der Waals surface area contributed by atoms with E-state index < -0.39 is 0 Å². The van der Waals surface area contributed by atoms with Crippen molar-refractivity contribution in [1.82, 2.24) is 9.55 Å². The highest BCUT2D eigenvalue weighted by Crippen LogP contribution is 2.32. The van der Waals surface area contributed by atoms with Gasteiger partial charge in [0.1, 0.15) is 0 Å². The van der Waals surface area contributed by atoms with Crippen molar-refractivity contribution in [3.05, 3.63) is 50.8 Å². The van der Waals surface area contributed by atoms with E-state index >= 15 is 0 Å². The molecule has 116 valence electrons. The van der Waals surface area contributed by atoms with Crippen molar-refractivity contribution in [3.63, 3.8) is 0 Å². The molecule has 0 amide bonds. The minimum absolute atomic E-state index is 0.0478. The summed E-state index contributed by atoms with van der Waals surface area (Å²) in [6.45, 7) is 4.04. The van der Waals surface area contributed by atoms with Crippen LogP contribution in [0, 0.1) is 17.0 Å². The standard InChI is InChI=1S/C15H17ClN4O2/c1-11-17-14(20(21)22)15(18-8-2-3-9-18)19(11)10-12-4-6-13(16)7-5-12/h4-7H,2-3,8-10H2,1H3. The summed E-state index contributed by atoms with van der Waals surface area (Å²) in [7, 11) is 0. The van der Waals surface area contributed by atoms with Crippen molar-refractivity contribution in [2.45, 2.75) is 26.3 Å². The number of benzene rings is 1. The Morgan fingerprint density at radius 2 is 1.91 bits per heavy atom. The van der Waals surface area contributed by atoms with E-state index in [1.807, 2.05) is 35.8 Å². The summed E-state index contributed by atoms with van der Waals surface area (Å²) in [6, 6.07) is 7.52. The lowest BCUT2D eigenvalue weighted by Gasteiger charge is -2.18. The molecule has 0 saturated carbocycles. The van der Waals surface area contributed by atoms with Gasteiger partial charge >= 0.3 is 5.82 Å². The van der Waals surface area contributed by atoms with Crippen LogP contribution >= 0.6 is 11.6 Å². The molecule has 1 aliphatic rings. The van der Waals surface area contributed by atoms with Gasteiger partial charge in [0.2, 0.25) is 11.6 Å². The van der Waals surface area contributed by atoms with Gasteiger partial charge in [0, 0.05) is 25.0 Å². The molecule has 1 aromatic heterocycles. The van der Waals surface area contributed by atoms with Gasteiger partial charge < -0.3 is 15.0 Å². The predicted octanol–water partition coefficient (Wildman–Crippen LogP) is 3.40. The van der Waals surface area contributed by atoms with Crippen LogP contribution in [-0.4, -0.2) is 27.6 Å². The summed E-state index contributed by atoms with van der Waals surface area (Å²) < 4.78 is 1.92. The summed E-state index contributed by atoms with van der Waals surface area (Å²) in [4.78, 5) is 17.2. The van der Waals surface area contributed by atoms with Crippen molar-refractivity contribution >= 4 is 23.2 Å². The van der Waals surface area contributed by atoms with Gasteiger partial charge in [-0.2, -0.15) is 0 Å². The predicted molar refractivity (Wildman–Crippen MR) is 85.6 cm³/mol. The number of nitrogens with zero attached hydrogens (tertiary/aromatic N) is 4. The highest BCUT2D eigenvalue weighted by Gasteiger charge is 2.31. The van der Waals surface area contributed by atoms with Crippen LogP contribution in [-0.2, 0) is 6.54 Å². The third kappa shape index (κ3) is 2.78. The minimum atomic E-state index is -0.390. The van der Waals surface area contributed by atoms with Gasteiger partial charge in [-0.3, -0.25) is 4.57 Å². The van der Waals surface area contributed by atoms with Crippen LogP contribution in [0.25, 0.3) is 0 Å². The average Bonchev–Trinajstić information content (AvgIpc) is 3.10. The molecule has 0 N–H and O–H groups in total. The van der Waals surface area contributed by atoms with E-state index in [4.69, 9.17) is 11.6 Å². The Hall–Kier alpha value is -2.08. The van der Waals surface area contributed by atoms with Crippen LogP contribution < -0.4 is 4.90 Å². The van der Waals surface area contributed by atoms with E-state index in [0.29, 0.717) is 23.2 Å². The highest BCUT2D eigenvalue weighted by atomic mass is 35.5. The van der Waals surface area contributed by atoms with E-state index in [1.54, 1.807) is 0 Å². The molecule has 0 atom stereocenters. The number of halogens is 1. The van der Waals surface area contributed by atoms with Crippen LogP contribution in [0.15, 0.2) is 24.3 Å². The quantitative estimate of drug-likeness (QED) is 0.639. The highest BCUT2D eigenvalue weighted by molar-refractivity contribution is 6.30. The number of aryl methyl sites for hydroxylation is 1. The molecule has 1 fully saturated rings. The molecule has 3 rings (SSSR count). The van der Waals surface area contributed by atoms with Gasteiger partial charge in [-0.1, -0.05) is 23.7 Å². The lowest BCUT2D eigenvalue weighted by Crippen LogP contribution is -2.22. The maximum Gasteiger partial charge on any atom is 0.406 e. The van der Waals surface area contributed by atoms with E-state index in [-0.39, 0.29) is 10.7 Å². The first-order valence-corrected chi connectivity index (χ1v) is 7.65. The average molecular weight is 321 g/mol. The molecule has 0 unspecified atom stereocenters. The van der Waals surface area contributed by atoms with Gasteiger partial charge in [0.05, 0.1) is 6.54 Å². The topological polar surface area (TPSA) is 64.2 Å². The third-order valence-electron chi connectivity index (χ3n) is 3.95. The van der Waals surface area contributed by atoms with E-state index in [1.165, 1.54) is 0 Å². The number of hydrogen-bond acceptors (Lipinski definition) is 4. The Balaban J connectivity index is 2.01. The first-order chi connectivity index (χ1) is 10.6. The smallest absolute Gasteiger partial charge is 0.358 e. The van der Waals surface area contributed by atoms with E-state index in [2.05, 4.69) is 9.88 Å². The van der Waals surface area contributed by atoms with Gasteiger partial charge in [-0.05, 0) is 40.4 Å². The van der Waals surface area contributed by atoms with Gasteiger partial charge in [0.15, 0.2) is 0 Å². The van der Waals surface area contributed by atoms with Crippen molar-refractivity contribution in [2.75, 3.05) is 18.0 Å². The largest absolute Gasteiger partial charge is 0.406 e. The van der Waals surface area contributed by atoms with Crippen molar-refractivity contribution in [3.8, 4) is 0 Å². The van der Waals surface area contributed by atoms with E-state index in [9.17, 15) is 10.1 Å². The molecule has 6 nitrogen and oxygen atoms in total. The molecule has 2 aromatic rings. The molecular weight excluding hydrogens is 304 g/mol. The van der Waals surface area contributed by atoms with Crippen molar-refractivity contribution in [2.24, 2.45) is 0 Å². The summed E-state index contributed by atoms with van der Waals surface area (Å²) in [5, 5.41) is 12.0. The normalized spacial score (nSPS) is 14.5. The summed E-state index contributed by atoms with van der Waals surface area (Å²) >= 11 is 5.91. The number of anilines is 1. The van der Waals surface area contributed by atoms with Gasteiger partial charge in [0.25, 0.3) is 0 Å². The van der Waals surface area contributed by atoms with Crippen LogP contribution in [0.5, 0.6) is 0 Å². The molecule has 0 aliphatic carbocycles. The third-order valence-corrected chi connectivity index (χ3v) is 4.20. The fourth-order valence-electron chi connectivity index (χ4n) is 2.86. The molecule has 0 radical (unpaired) electrons. The Bertz CT molecular complexity index is 690. The molecule has 0 spiro atoms. The summed E-state index contributed by atoms with van der Waals surface area (Å²) in [5.41, 5.74) is 1.04. The Morgan fingerprint density at radius 3 is 2.50 bits per heavy atom. The summed E-state index contributed by atoms with van der Waals surface area (Å²) in [5.74, 6) is 1.23. The van der Waals surface area contributed by atoms with Crippen LogP contribution in [0.2, 0.25) is 5.02 Å². The first-order valence-electron chi connectivity index (χ1n) is 7.27. The van der Waals surface area contributed by atoms with Crippen LogP contribution in [0.1, 0.15) is 24.2 Å². The Morgan fingerprint density at radius 1 is 1.27 bits per heavy atom. The molecule has 1 aliphatic heterocycles. The summed E-state index contributed by atoms with van der Waals surface area (Å²) in [6.07, 6.45) is 2.12. The maximum absolute atomic E-state index is 11.3. The number of hydrogen-bond donors (Lipinski definition) is 0. The fraction of sp³-hybridized carbons (Fsp3) is 0.400. The Labute approximate surface area is 133 Å². The molecule has 1 saturated heterocycles. The van der Waals surface area contributed by atoms with E-state index in [0.717, 1.165) is 31.5 Å². The fourth-order valence-corrected chi connectivity index (χ4v) is 2.99. The lowest BCUT2D eigenvalue weighted by atomic mass is 10.2. The number of imidazole rings is 1. The molecule has 0 bridgehead atoms. The zero-order valence-electron chi connectivity index (χ0n) is 12.3. The number of rotatable bonds is 4. The zero-order valence-corrected chi connectivity index (χ0v) is 13.1. The molecule has 22 heavy (non-hydrogen) atoms. The molecule has 2 heterocycles. The SMILES string of the molecule is Cc1nc([N+](=O)[O-])c(N2CCCC2)n1Cc1ccc(Cl)cc1. The monoisotopic (exact) mass is 320 g/mol. The molecule has 1 aromatic carbocycles. The lowest BCUT2D eigenvalue weighted by molar-refractivity contribution is -0.388. The zero-order chi connectivity index (χ0) is 15.7. The molecular formula is C15H17ClN4O2. The van der Waals surface area contributed by atoms with Gasteiger partial charge in [-0.25, -0.2) is 0 Å². The second-order valence-electron chi connectivity index (χ2n) is 5.47. The van der Waals surface area contributed by atoms with Crippen molar-refractivity contribution in [1.29, 1.82) is 0 Å². The first kappa shape index (κ1) is 14.8. The number of aromatic nitrogens is 2.